The van der Waals surface area contributed by atoms with Crippen LogP contribution in [0.2, 0.25) is 0 Å². The quantitative estimate of drug-likeness (QED) is 0.684. The van der Waals surface area contributed by atoms with E-state index >= 15 is 0 Å². The molecule has 3 heteroatoms. The van der Waals surface area contributed by atoms with Crippen LogP contribution in [0.5, 0.6) is 11.5 Å². The maximum absolute atomic E-state index is 9.69. The van der Waals surface area contributed by atoms with Crippen molar-refractivity contribution < 1.29 is 10.2 Å². The van der Waals surface area contributed by atoms with Crippen molar-refractivity contribution in [2.24, 2.45) is 11.8 Å². The molecular formula is C13H19NO2. The molecule has 3 N–H and O–H groups in total. The molecule has 0 bridgehead atoms. The first-order valence-corrected chi connectivity index (χ1v) is 5.83. The van der Waals surface area contributed by atoms with Gasteiger partial charge in [-0.1, -0.05) is 6.92 Å². The minimum Gasteiger partial charge on any atom is -0.508 e. The lowest BCUT2D eigenvalue weighted by atomic mass is 10.1. The third kappa shape index (κ3) is 2.47. The molecule has 3 atom stereocenters. The van der Waals surface area contributed by atoms with E-state index in [4.69, 9.17) is 0 Å². The first-order chi connectivity index (χ1) is 7.58. The van der Waals surface area contributed by atoms with Crippen LogP contribution in [0, 0.1) is 11.8 Å². The highest BCUT2D eigenvalue weighted by Crippen LogP contribution is 2.37. The van der Waals surface area contributed by atoms with E-state index in [1.165, 1.54) is 18.6 Å². The van der Waals surface area contributed by atoms with E-state index in [9.17, 15) is 10.2 Å². The molecule has 0 heterocycles. The largest absolute Gasteiger partial charge is 0.508 e. The molecular weight excluding hydrogens is 202 g/mol. The Morgan fingerprint density at radius 3 is 2.75 bits per heavy atom. The average Bonchev–Trinajstić information content (AvgIpc) is 2.95. The zero-order chi connectivity index (χ0) is 11.7. The molecule has 3 nitrogen and oxygen atoms in total. The molecule has 88 valence electrons. The Labute approximate surface area is 96.1 Å². The third-order valence-electron chi connectivity index (χ3n) is 3.44. The molecule has 0 amide bonds. The number of nitrogens with one attached hydrogen (secondary N) is 1. The van der Waals surface area contributed by atoms with Gasteiger partial charge in [0, 0.05) is 11.6 Å². The number of aromatic hydroxyl groups is 2. The van der Waals surface area contributed by atoms with Crippen molar-refractivity contribution in [3.8, 4) is 11.5 Å². The summed E-state index contributed by atoms with van der Waals surface area (Å²) in [5.41, 5.74) is 0.758. The highest BCUT2D eigenvalue weighted by atomic mass is 16.3. The third-order valence-corrected chi connectivity index (χ3v) is 3.44. The molecule has 1 saturated carbocycles. The Balaban J connectivity index is 1.96. The Bertz CT molecular complexity index is 378. The molecule has 0 radical (unpaired) electrons. The smallest absolute Gasteiger partial charge is 0.120 e. The van der Waals surface area contributed by atoms with Crippen molar-refractivity contribution in [1.29, 1.82) is 0 Å². The van der Waals surface area contributed by atoms with E-state index in [1.54, 1.807) is 6.07 Å². The topological polar surface area (TPSA) is 52.5 Å². The first-order valence-electron chi connectivity index (χ1n) is 5.83. The molecule has 0 saturated heterocycles. The van der Waals surface area contributed by atoms with Gasteiger partial charge in [-0.3, -0.25) is 0 Å². The minimum absolute atomic E-state index is 0.0694. The number of phenols is 2. The molecule has 0 spiro atoms. The van der Waals surface area contributed by atoms with Crippen LogP contribution in [0.25, 0.3) is 0 Å². The summed E-state index contributed by atoms with van der Waals surface area (Å²) >= 11 is 0. The van der Waals surface area contributed by atoms with Crippen LogP contribution in [0.3, 0.4) is 0 Å². The fourth-order valence-corrected chi connectivity index (χ4v) is 2.01. The van der Waals surface area contributed by atoms with Crippen LogP contribution >= 0.6 is 0 Å². The Morgan fingerprint density at radius 2 is 2.12 bits per heavy atom. The van der Waals surface area contributed by atoms with Gasteiger partial charge < -0.3 is 15.5 Å². The maximum Gasteiger partial charge on any atom is 0.120 e. The summed E-state index contributed by atoms with van der Waals surface area (Å²) in [4.78, 5) is 0. The summed E-state index contributed by atoms with van der Waals surface area (Å²) in [5, 5.41) is 22.5. The van der Waals surface area contributed by atoms with Crippen molar-refractivity contribution in [1.82, 2.24) is 5.32 Å². The molecule has 16 heavy (non-hydrogen) atoms. The molecule has 1 aliphatic rings. The number of phenolic OH excluding ortho intramolecular Hbond substituents is 2. The zero-order valence-electron chi connectivity index (χ0n) is 9.77. The van der Waals surface area contributed by atoms with Gasteiger partial charge in [-0.2, -0.15) is 0 Å². The normalized spacial score (nSPS) is 25.4. The Kier molecular flexibility index (Phi) is 3.06. The summed E-state index contributed by atoms with van der Waals surface area (Å²) in [7, 11) is 0. The lowest BCUT2D eigenvalue weighted by Gasteiger charge is -2.15. The molecule has 1 fully saturated rings. The van der Waals surface area contributed by atoms with Crippen molar-refractivity contribution in [3.05, 3.63) is 23.8 Å². The predicted molar refractivity (Wildman–Crippen MR) is 63.5 cm³/mol. The molecule has 3 unspecified atom stereocenters. The lowest BCUT2D eigenvalue weighted by molar-refractivity contribution is 0.438. The van der Waals surface area contributed by atoms with Crippen molar-refractivity contribution in [3.63, 3.8) is 0 Å². The van der Waals surface area contributed by atoms with Gasteiger partial charge in [0.2, 0.25) is 0 Å². The van der Waals surface area contributed by atoms with Crippen molar-refractivity contribution >= 4 is 0 Å². The fraction of sp³-hybridized carbons (Fsp3) is 0.538. The van der Waals surface area contributed by atoms with Crippen LogP contribution < -0.4 is 5.32 Å². The van der Waals surface area contributed by atoms with E-state index in [2.05, 4.69) is 12.2 Å². The predicted octanol–water partition coefficient (Wildman–Crippen LogP) is 2.40. The Morgan fingerprint density at radius 1 is 1.44 bits per heavy atom. The molecule has 0 aromatic heterocycles. The van der Waals surface area contributed by atoms with Gasteiger partial charge in [-0.25, -0.2) is 0 Å². The molecule has 2 rings (SSSR count). The summed E-state index contributed by atoms with van der Waals surface area (Å²) in [6, 6.07) is 4.71. The van der Waals surface area contributed by atoms with Crippen LogP contribution in [0.1, 0.15) is 31.9 Å². The molecule has 1 aliphatic carbocycles. The zero-order valence-corrected chi connectivity index (χ0v) is 9.77. The lowest BCUT2D eigenvalue weighted by Crippen LogP contribution is -2.21. The van der Waals surface area contributed by atoms with E-state index in [1.807, 2.05) is 6.92 Å². The summed E-state index contributed by atoms with van der Waals surface area (Å²) in [6.07, 6.45) is 1.30. The second-order valence-electron chi connectivity index (χ2n) is 4.85. The number of hydrogen-bond acceptors (Lipinski definition) is 3. The summed E-state index contributed by atoms with van der Waals surface area (Å²) in [6.45, 7) is 5.24. The highest BCUT2D eigenvalue weighted by molar-refractivity contribution is 5.40. The summed E-state index contributed by atoms with van der Waals surface area (Å²) < 4.78 is 0. The summed E-state index contributed by atoms with van der Waals surface area (Å²) in [5.74, 6) is 2.04. The van der Waals surface area contributed by atoms with Gasteiger partial charge in [0.1, 0.15) is 11.5 Å². The number of rotatable bonds is 4. The van der Waals surface area contributed by atoms with Crippen molar-refractivity contribution in [2.45, 2.75) is 26.3 Å². The number of benzene rings is 1. The maximum atomic E-state index is 9.69. The first kappa shape index (κ1) is 11.3. The van der Waals surface area contributed by atoms with Crippen molar-refractivity contribution in [2.75, 3.05) is 6.54 Å². The van der Waals surface area contributed by atoms with Crippen LogP contribution in [-0.4, -0.2) is 16.8 Å². The van der Waals surface area contributed by atoms with E-state index < -0.39 is 0 Å². The van der Waals surface area contributed by atoms with Gasteiger partial charge in [0.25, 0.3) is 0 Å². The van der Waals surface area contributed by atoms with Gasteiger partial charge in [0.15, 0.2) is 0 Å². The van der Waals surface area contributed by atoms with Crippen LogP contribution in [0.15, 0.2) is 18.2 Å². The van der Waals surface area contributed by atoms with Crippen LogP contribution in [-0.2, 0) is 0 Å². The SMILES string of the molecule is CC(NCC1CC1C)c1cc(O)ccc1O. The van der Waals surface area contributed by atoms with E-state index in [0.717, 1.165) is 23.9 Å². The highest BCUT2D eigenvalue weighted by Gasteiger charge is 2.32. The Hall–Kier alpha value is -1.22. The van der Waals surface area contributed by atoms with Gasteiger partial charge in [0.05, 0.1) is 0 Å². The average molecular weight is 221 g/mol. The van der Waals surface area contributed by atoms with Gasteiger partial charge in [-0.05, 0) is 49.9 Å². The van der Waals surface area contributed by atoms with Gasteiger partial charge in [-0.15, -0.1) is 0 Å². The second-order valence-corrected chi connectivity index (χ2v) is 4.85. The fourth-order valence-electron chi connectivity index (χ4n) is 2.01. The standard InChI is InChI=1S/C13H19NO2/c1-8-5-10(8)7-14-9(2)12-6-11(15)3-4-13(12)16/h3-4,6,8-10,14-16H,5,7H2,1-2H3. The van der Waals surface area contributed by atoms with E-state index in [-0.39, 0.29) is 17.5 Å². The van der Waals surface area contributed by atoms with Crippen LogP contribution in [0.4, 0.5) is 0 Å². The second kappa shape index (κ2) is 4.34. The minimum atomic E-state index is 0.0694. The van der Waals surface area contributed by atoms with Gasteiger partial charge >= 0.3 is 0 Å². The molecule has 1 aromatic rings. The van der Waals surface area contributed by atoms with E-state index in [0.29, 0.717) is 0 Å². The molecule has 0 aliphatic heterocycles. The number of hydrogen-bond donors (Lipinski definition) is 3. The molecule has 1 aromatic carbocycles. The monoisotopic (exact) mass is 221 g/mol.